The highest BCUT2D eigenvalue weighted by atomic mass is 79.9. The Morgan fingerprint density at radius 3 is 2.33 bits per heavy atom. The summed E-state index contributed by atoms with van der Waals surface area (Å²) in [6.07, 6.45) is 0. The molecule has 0 atom stereocenters. The van der Waals surface area contributed by atoms with Crippen LogP contribution in [0.4, 0.5) is 0 Å². The Kier molecular flexibility index (Phi) is 4.07. The third-order valence-corrected chi connectivity index (χ3v) is 2.30. The maximum Gasteiger partial charge on any atom is 0.337 e. The maximum atomic E-state index is 11.1. The summed E-state index contributed by atoms with van der Waals surface area (Å²) in [5.74, 6) is -0.386. The van der Waals surface area contributed by atoms with Gasteiger partial charge in [-0.05, 0) is 22.7 Å². The van der Waals surface area contributed by atoms with E-state index in [9.17, 15) is 4.79 Å². The molecule has 0 aromatic heterocycles. The fraction of sp³-hybridized carbons (Fsp3) is 0.0909. The molecule has 76 valence electrons. The van der Waals surface area contributed by atoms with E-state index in [1.807, 2.05) is 6.07 Å². The number of methoxy groups -OCH3 is 1. The molecule has 0 aliphatic heterocycles. The second-order valence-corrected chi connectivity index (χ2v) is 3.16. The molecule has 1 aromatic rings. The van der Waals surface area contributed by atoms with Gasteiger partial charge in [-0.2, -0.15) is 5.26 Å². The molecular formula is C11H8BrNO2. The number of allylic oxidation sites excluding steroid dienone is 1. The number of hydrogen-bond donors (Lipinski definition) is 0. The van der Waals surface area contributed by atoms with E-state index in [-0.39, 0.29) is 5.97 Å². The topological polar surface area (TPSA) is 50.1 Å². The van der Waals surface area contributed by atoms with Gasteiger partial charge in [0.25, 0.3) is 0 Å². The minimum absolute atomic E-state index is 0.386. The Labute approximate surface area is 96.1 Å². The second kappa shape index (κ2) is 5.32. The van der Waals surface area contributed by atoms with Crippen LogP contribution in [-0.4, -0.2) is 13.1 Å². The van der Waals surface area contributed by atoms with Gasteiger partial charge in [0.15, 0.2) is 0 Å². The molecule has 0 amide bonds. The monoisotopic (exact) mass is 265 g/mol. The lowest BCUT2D eigenvalue weighted by atomic mass is 10.1. The van der Waals surface area contributed by atoms with Crippen LogP contribution >= 0.6 is 15.9 Å². The minimum atomic E-state index is -0.386. The summed E-state index contributed by atoms with van der Waals surface area (Å²) >= 11 is 3.10. The number of hydrogen-bond acceptors (Lipinski definition) is 3. The van der Waals surface area contributed by atoms with E-state index >= 15 is 0 Å². The molecule has 15 heavy (non-hydrogen) atoms. The quantitative estimate of drug-likeness (QED) is 0.610. The average Bonchev–Trinajstić information content (AvgIpc) is 2.30. The van der Waals surface area contributed by atoms with E-state index in [1.165, 1.54) is 7.11 Å². The highest BCUT2D eigenvalue weighted by Gasteiger charge is 2.05. The molecule has 0 saturated heterocycles. The van der Waals surface area contributed by atoms with Gasteiger partial charge in [-0.25, -0.2) is 4.79 Å². The molecule has 0 radical (unpaired) electrons. The summed E-state index contributed by atoms with van der Waals surface area (Å²) in [5.41, 5.74) is 1.72. The number of nitrogens with zero attached hydrogens (tertiary/aromatic N) is 1. The van der Waals surface area contributed by atoms with Gasteiger partial charge >= 0.3 is 5.97 Å². The van der Waals surface area contributed by atoms with Crippen molar-refractivity contribution in [2.45, 2.75) is 0 Å². The Balaban J connectivity index is 3.01. The molecular weight excluding hydrogens is 258 g/mol. The first-order valence-corrected chi connectivity index (χ1v) is 5.03. The van der Waals surface area contributed by atoms with E-state index in [0.29, 0.717) is 11.1 Å². The molecule has 0 bridgehead atoms. The molecule has 0 heterocycles. The predicted octanol–water partition coefficient (Wildman–Crippen LogP) is 2.73. The van der Waals surface area contributed by atoms with Gasteiger partial charge in [0, 0.05) is 0 Å². The van der Waals surface area contributed by atoms with Crippen molar-refractivity contribution in [3.63, 3.8) is 0 Å². The molecule has 1 aromatic carbocycles. The van der Waals surface area contributed by atoms with Crippen molar-refractivity contribution in [1.29, 1.82) is 5.26 Å². The normalized spacial score (nSPS) is 10.6. The molecule has 0 saturated carbocycles. The Bertz CT molecular complexity index is 429. The maximum absolute atomic E-state index is 11.1. The van der Waals surface area contributed by atoms with E-state index in [4.69, 9.17) is 5.26 Å². The van der Waals surface area contributed by atoms with Crippen LogP contribution in [0.1, 0.15) is 15.9 Å². The highest BCUT2D eigenvalue weighted by molar-refractivity contribution is 9.11. The number of carbonyl (C=O) groups excluding carboxylic acids is 1. The molecule has 4 heteroatoms. The first-order chi connectivity index (χ1) is 7.22. The van der Waals surface area contributed by atoms with E-state index in [0.717, 1.165) is 5.56 Å². The minimum Gasteiger partial charge on any atom is -0.465 e. The number of carbonyl (C=O) groups is 1. The molecule has 0 unspecified atom stereocenters. The van der Waals surface area contributed by atoms with Crippen LogP contribution in [0, 0.1) is 11.3 Å². The van der Waals surface area contributed by atoms with Crippen molar-refractivity contribution >= 4 is 27.5 Å². The van der Waals surface area contributed by atoms with Crippen molar-refractivity contribution < 1.29 is 9.53 Å². The summed E-state index contributed by atoms with van der Waals surface area (Å²) in [7, 11) is 1.33. The fourth-order valence-corrected chi connectivity index (χ4v) is 1.42. The van der Waals surface area contributed by atoms with Crippen LogP contribution in [0.5, 0.6) is 0 Å². The molecule has 0 aliphatic carbocycles. The lowest BCUT2D eigenvalue weighted by Crippen LogP contribution is -2.00. The fourth-order valence-electron chi connectivity index (χ4n) is 1.06. The number of ether oxygens (including phenoxy) is 1. The number of rotatable bonds is 2. The summed E-state index contributed by atoms with van der Waals surface area (Å²) in [5, 5.41) is 8.76. The van der Waals surface area contributed by atoms with Crippen LogP contribution in [0.15, 0.2) is 29.3 Å². The molecule has 3 nitrogen and oxygen atoms in total. The molecule has 0 aliphatic rings. The van der Waals surface area contributed by atoms with Crippen molar-refractivity contribution in [2.24, 2.45) is 0 Å². The van der Waals surface area contributed by atoms with E-state index in [1.54, 1.807) is 29.3 Å². The number of esters is 1. The van der Waals surface area contributed by atoms with Gasteiger partial charge in [-0.3, -0.25) is 0 Å². The summed E-state index contributed by atoms with van der Waals surface area (Å²) in [6, 6.07) is 8.66. The van der Waals surface area contributed by atoms with E-state index < -0.39 is 0 Å². The molecule has 1 rings (SSSR count). The zero-order valence-corrected chi connectivity index (χ0v) is 9.61. The summed E-state index contributed by atoms with van der Waals surface area (Å²) in [6.45, 7) is 0. The molecule has 0 fully saturated rings. The first-order valence-electron chi connectivity index (χ1n) is 4.12. The zero-order chi connectivity index (χ0) is 11.3. The van der Waals surface area contributed by atoms with Crippen molar-refractivity contribution in [3.05, 3.63) is 40.4 Å². The second-order valence-electron chi connectivity index (χ2n) is 2.70. The lowest BCUT2D eigenvalue weighted by Gasteiger charge is -2.00. The van der Waals surface area contributed by atoms with Crippen LogP contribution in [0.2, 0.25) is 0 Å². The third-order valence-electron chi connectivity index (χ3n) is 1.85. The lowest BCUT2D eigenvalue weighted by molar-refractivity contribution is 0.0601. The number of halogens is 1. The largest absolute Gasteiger partial charge is 0.465 e. The summed E-state index contributed by atoms with van der Waals surface area (Å²) < 4.78 is 4.56. The molecule has 0 spiro atoms. The Morgan fingerprint density at radius 2 is 1.93 bits per heavy atom. The van der Waals surface area contributed by atoms with Crippen LogP contribution in [-0.2, 0) is 4.74 Å². The van der Waals surface area contributed by atoms with Crippen LogP contribution in [0.3, 0.4) is 0 Å². The van der Waals surface area contributed by atoms with Crippen molar-refractivity contribution in [1.82, 2.24) is 0 Å². The Morgan fingerprint density at radius 1 is 1.40 bits per heavy atom. The van der Waals surface area contributed by atoms with Gasteiger partial charge in [0.1, 0.15) is 6.07 Å². The van der Waals surface area contributed by atoms with Crippen molar-refractivity contribution in [2.75, 3.05) is 7.11 Å². The highest BCUT2D eigenvalue weighted by Crippen LogP contribution is 2.16. The van der Waals surface area contributed by atoms with Gasteiger partial charge < -0.3 is 4.74 Å². The number of nitriles is 1. The van der Waals surface area contributed by atoms with Gasteiger partial charge in [-0.15, -0.1) is 0 Å². The van der Waals surface area contributed by atoms with Gasteiger partial charge in [-0.1, -0.05) is 28.1 Å². The molecule has 0 N–H and O–H groups in total. The van der Waals surface area contributed by atoms with E-state index in [2.05, 4.69) is 20.7 Å². The smallest absolute Gasteiger partial charge is 0.337 e. The summed E-state index contributed by atoms with van der Waals surface area (Å²) in [4.78, 5) is 12.7. The van der Waals surface area contributed by atoms with Gasteiger partial charge in [0.05, 0.1) is 18.2 Å². The SMILES string of the molecule is COC(=O)c1ccc(C(C#N)=CBr)cc1. The third kappa shape index (κ3) is 2.67. The van der Waals surface area contributed by atoms with Crippen molar-refractivity contribution in [3.8, 4) is 6.07 Å². The average molecular weight is 266 g/mol. The predicted molar refractivity (Wildman–Crippen MR) is 60.3 cm³/mol. The van der Waals surface area contributed by atoms with Crippen LogP contribution < -0.4 is 0 Å². The van der Waals surface area contributed by atoms with Crippen LogP contribution in [0.25, 0.3) is 5.57 Å². The standard InChI is InChI=1S/C11H8BrNO2/c1-15-11(14)9-4-2-8(3-5-9)10(6-12)7-13/h2-6H,1H3. The number of benzene rings is 1. The Hall–Kier alpha value is -1.60. The zero-order valence-electron chi connectivity index (χ0n) is 8.03. The van der Waals surface area contributed by atoms with Gasteiger partial charge in [0.2, 0.25) is 0 Å². The first kappa shape index (κ1) is 11.5.